The van der Waals surface area contributed by atoms with Crippen LogP contribution in [0.4, 0.5) is 0 Å². The Morgan fingerprint density at radius 2 is 1.93 bits per heavy atom. The molecule has 2 aliphatic rings. The molecule has 0 aromatic carbocycles. The van der Waals surface area contributed by atoms with Gasteiger partial charge < -0.3 is 5.32 Å². The maximum absolute atomic E-state index is 3.48. The lowest BCUT2D eigenvalue weighted by atomic mass is 9.83. The van der Waals surface area contributed by atoms with E-state index in [4.69, 9.17) is 0 Å². The molecule has 0 aromatic rings. The molecule has 0 unspecified atom stereocenters. The Labute approximate surface area is 94.4 Å². The Kier molecular flexibility index (Phi) is 4.04. The van der Waals surface area contributed by atoms with E-state index in [2.05, 4.69) is 24.1 Å². The average Bonchev–Trinajstić information content (AvgIpc) is 2.30. The van der Waals surface area contributed by atoms with Crippen molar-refractivity contribution >= 4 is 0 Å². The molecule has 2 heteroatoms. The summed E-state index contributed by atoms with van der Waals surface area (Å²) >= 11 is 0. The molecule has 0 aromatic heterocycles. The number of nitrogens with one attached hydrogen (secondary N) is 1. The van der Waals surface area contributed by atoms with Crippen LogP contribution in [0.25, 0.3) is 0 Å². The summed E-state index contributed by atoms with van der Waals surface area (Å²) in [5, 5.41) is 3.48. The monoisotopic (exact) mass is 210 g/mol. The molecule has 1 N–H and O–H groups in total. The minimum absolute atomic E-state index is 0.752. The lowest BCUT2D eigenvalue weighted by molar-refractivity contribution is 0.0792. The molecule has 1 aliphatic carbocycles. The van der Waals surface area contributed by atoms with Crippen LogP contribution in [-0.2, 0) is 0 Å². The molecule has 1 saturated carbocycles. The van der Waals surface area contributed by atoms with E-state index < -0.39 is 0 Å². The fourth-order valence-electron chi connectivity index (χ4n) is 3.28. The van der Waals surface area contributed by atoms with Gasteiger partial charge in [0, 0.05) is 31.7 Å². The molecule has 15 heavy (non-hydrogen) atoms. The molecule has 0 amide bonds. The van der Waals surface area contributed by atoms with E-state index in [0.717, 1.165) is 18.0 Å². The zero-order chi connectivity index (χ0) is 10.7. The molecule has 1 aliphatic heterocycles. The van der Waals surface area contributed by atoms with E-state index in [1.54, 1.807) is 0 Å². The minimum Gasteiger partial charge on any atom is -0.314 e. The third-order valence-corrected chi connectivity index (χ3v) is 4.42. The highest BCUT2D eigenvalue weighted by atomic mass is 15.2. The third-order valence-electron chi connectivity index (χ3n) is 4.42. The van der Waals surface area contributed by atoms with E-state index >= 15 is 0 Å². The maximum atomic E-state index is 3.48. The standard InChI is InChI=1S/C13H26N2/c1-3-12-4-6-13(7-5-12)15-9-8-14-10-11(15)2/h11-14H,3-10H2,1-2H3/t11-,12?,13?/m0/s1. The highest BCUT2D eigenvalue weighted by Crippen LogP contribution is 2.30. The average molecular weight is 210 g/mol. The molecule has 1 heterocycles. The summed E-state index contributed by atoms with van der Waals surface area (Å²) < 4.78 is 0. The van der Waals surface area contributed by atoms with Crippen molar-refractivity contribution < 1.29 is 0 Å². The van der Waals surface area contributed by atoms with Gasteiger partial charge in [-0.3, -0.25) is 4.90 Å². The molecule has 1 atom stereocenters. The summed E-state index contributed by atoms with van der Waals surface area (Å²) in [7, 11) is 0. The predicted molar refractivity (Wildman–Crippen MR) is 65.1 cm³/mol. The van der Waals surface area contributed by atoms with Gasteiger partial charge in [-0.2, -0.15) is 0 Å². The first-order valence-corrected chi connectivity index (χ1v) is 6.77. The second kappa shape index (κ2) is 5.31. The van der Waals surface area contributed by atoms with Crippen molar-refractivity contribution in [3.63, 3.8) is 0 Å². The highest BCUT2D eigenvalue weighted by molar-refractivity contribution is 4.85. The maximum Gasteiger partial charge on any atom is 0.0195 e. The van der Waals surface area contributed by atoms with Crippen molar-refractivity contribution in [2.45, 2.75) is 58.0 Å². The van der Waals surface area contributed by atoms with Crippen LogP contribution in [0.2, 0.25) is 0 Å². The van der Waals surface area contributed by atoms with Crippen molar-refractivity contribution in [1.29, 1.82) is 0 Å². The first-order chi connectivity index (χ1) is 7.31. The smallest absolute Gasteiger partial charge is 0.0195 e. The van der Waals surface area contributed by atoms with Crippen LogP contribution in [0.3, 0.4) is 0 Å². The van der Waals surface area contributed by atoms with Gasteiger partial charge in [0.25, 0.3) is 0 Å². The molecule has 0 spiro atoms. The molecule has 88 valence electrons. The fourth-order valence-corrected chi connectivity index (χ4v) is 3.28. The van der Waals surface area contributed by atoms with Crippen LogP contribution >= 0.6 is 0 Å². The summed E-state index contributed by atoms with van der Waals surface area (Å²) in [6.45, 7) is 8.37. The molecular weight excluding hydrogens is 184 g/mol. The van der Waals surface area contributed by atoms with Crippen LogP contribution < -0.4 is 5.32 Å². The SMILES string of the molecule is CCC1CCC(N2CCNC[C@@H]2C)CC1. The van der Waals surface area contributed by atoms with Crippen molar-refractivity contribution in [2.24, 2.45) is 5.92 Å². The van der Waals surface area contributed by atoms with E-state index in [1.165, 1.54) is 51.7 Å². The lowest BCUT2D eigenvalue weighted by Gasteiger charge is -2.42. The lowest BCUT2D eigenvalue weighted by Crippen LogP contribution is -2.54. The molecule has 2 nitrogen and oxygen atoms in total. The zero-order valence-electron chi connectivity index (χ0n) is 10.3. The van der Waals surface area contributed by atoms with Gasteiger partial charge in [0.05, 0.1) is 0 Å². The number of hydrogen-bond donors (Lipinski definition) is 1. The Hall–Kier alpha value is -0.0800. The fraction of sp³-hybridized carbons (Fsp3) is 1.00. The van der Waals surface area contributed by atoms with Gasteiger partial charge in [-0.25, -0.2) is 0 Å². The summed E-state index contributed by atoms with van der Waals surface area (Å²) in [6.07, 6.45) is 7.23. The number of piperazine rings is 1. The highest BCUT2D eigenvalue weighted by Gasteiger charge is 2.29. The summed E-state index contributed by atoms with van der Waals surface area (Å²) in [5.41, 5.74) is 0. The number of rotatable bonds is 2. The van der Waals surface area contributed by atoms with Crippen LogP contribution in [0.15, 0.2) is 0 Å². The summed E-state index contributed by atoms with van der Waals surface area (Å²) in [6, 6.07) is 1.65. The zero-order valence-corrected chi connectivity index (χ0v) is 10.3. The molecule has 1 saturated heterocycles. The first-order valence-electron chi connectivity index (χ1n) is 6.77. The predicted octanol–water partition coefficient (Wildman–Crippen LogP) is 2.25. The largest absolute Gasteiger partial charge is 0.314 e. The van der Waals surface area contributed by atoms with Crippen LogP contribution in [0.1, 0.15) is 46.0 Å². The minimum atomic E-state index is 0.752. The van der Waals surface area contributed by atoms with E-state index in [1.807, 2.05) is 0 Å². The van der Waals surface area contributed by atoms with Gasteiger partial charge >= 0.3 is 0 Å². The third kappa shape index (κ3) is 2.73. The van der Waals surface area contributed by atoms with Crippen molar-refractivity contribution in [2.75, 3.05) is 19.6 Å². The number of hydrogen-bond acceptors (Lipinski definition) is 2. The van der Waals surface area contributed by atoms with Crippen molar-refractivity contribution in [3.05, 3.63) is 0 Å². The van der Waals surface area contributed by atoms with Gasteiger partial charge in [-0.1, -0.05) is 13.3 Å². The Bertz CT molecular complexity index is 185. The quantitative estimate of drug-likeness (QED) is 0.752. The second-order valence-electron chi connectivity index (χ2n) is 5.37. The Morgan fingerprint density at radius 1 is 1.20 bits per heavy atom. The summed E-state index contributed by atoms with van der Waals surface area (Å²) in [4.78, 5) is 2.75. The van der Waals surface area contributed by atoms with Crippen LogP contribution in [0.5, 0.6) is 0 Å². The van der Waals surface area contributed by atoms with Gasteiger partial charge in [-0.15, -0.1) is 0 Å². The molecule has 0 radical (unpaired) electrons. The van der Waals surface area contributed by atoms with Gasteiger partial charge in [0.1, 0.15) is 0 Å². The molecule has 2 fully saturated rings. The number of nitrogens with zero attached hydrogens (tertiary/aromatic N) is 1. The van der Waals surface area contributed by atoms with Crippen LogP contribution in [-0.4, -0.2) is 36.6 Å². The molecule has 0 bridgehead atoms. The van der Waals surface area contributed by atoms with Crippen molar-refractivity contribution in [3.8, 4) is 0 Å². The van der Waals surface area contributed by atoms with E-state index in [0.29, 0.717) is 0 Å². The van der Waals surface area contributed by atoms with Gasteiger partial charge in [0.2, 0.25) is 0 Å². The normalized spacial score (nSPS) is 39.2. The van der Waals surface area contributed by atoms with E-state index in [-0.39, 0.29) is 0 Å². The van der Waals surface area contributed by atoms with Crippen LogP contribution in [0, 0.1) is 5.92 Å². The first kappa shape index (κ1) is 11.4. The Morgan fingerprint density at radius 3 is 2.53 bits per heavy atom. The molecule has 2 rings (SSSR count). The van der Waals surface area contributed by atoms with E-state index in [9.17, 15) is 0 Å². The van der Waals surface area contributed by atoms with Gasteiger partial charge in [-0.05, 0) is 38.5 Å². The topological polar surface area (TPSA) is 15.3 Å². The molecular formula is C13H26N2. The Balaban J connectivity index is 1.83. The van der Waals surface area contributed by atoms with Crippen molar-refractivity contribution in [1.82, 2.24) is 10.2 Å². The second-order valence-corrected chi connectivity index (χ2v) is 5.37. The van der Waals surface area contributed by atoms with Gasteiger partial charge in [0.15, 0.2) is 0 Å². The summed E-state index contributed by atoms with van der Waals surface area (Å²) in [5.74, 6) is 1.03.